The van der Waals surface area contributed by atoms with Gasteiger partial charge in [0, 0.05) is 11.4 Å². The van der Waals surface area contributed by atoms with E-state index in [0.29, 0.717) is 0 Å². The van der Waals surface area contributed by atoms with Crippen LogP contribution in [0.2, 0.25) is 0 Å². The van der Waals surface area contributed by atoms with Crippen LogP contribution in [0.25, 0.3) is 10.4 Å². The van der Waals surface area contributed by atoms with Crippen LogP contribution in [0.4, 0.5) is 4.39 Å². The smallest absolute Gasteiger partial charge is 0.123 e. The number of halogens is 1. The molecule has 1 aromatic carbocycles. The molecule has 0 atom stereocenters. The fraction of sp³-hybridized carbons (Fsp3) is 0.286. The van der Waals surface area contributed by atoms with Crippen LogP contribution < -0.4 is 5.32 Å². The van der Waals surface area contributed by atoms with Gasteiger partial charge in [0.2, 0.25) is 0 Å². The maximum atomic E-state index is 13.3. The van der Waals surface area contributed by atoms with E-state index in [9.17, 15) is 4.39 Å². The van der Waals surface area contributed by atoms with E-state index in [2.05, 4.69) is 12.2 Å². The van der Waals surface area contributed by atoms with Crippen LogP contribution in [-0.4, -0.2) is 6.54 Å². The Morgan fingerprint density at radius 3 is 2.88 bits per heavy atom. The third-order valence-corrected chi connectivity index (χ3v) is 3.50. The standard InChI is InChI=1S/C14H16FNS/c1-2-7-16-10-11-5-6-12(15)9-13(11)14-4-3-8-17-14/h3-6,8-9,16H,2,7,10H2,1H3. The second-order valence-corrected chi connectivity index (χ2v) is 4.90. The van der Waals surface area contributed by atoms with E-state index in [1.165, 1.54) is 6.07 Å². The molecule has 0 saturated heterocycles. The summed E-state index contributed by atoms with van der Waals surface area (Å²) in [7, 11) is 0. The molecule has 0 aliphatic carbocycles. The van der Waals surface area contributed by atoms with Crippen molar-refractivity contribution < 1.29 is 4.39 Å². The highest BCUT2D eigenvalue weighted by molar-refractivity contribution is 7.13. The first-order valence-corrected chi connectivity index (χ1v) is 6.72. The molecule has 0 aliphatic rings. The second-order valence-electron chi connectivity index (χ2n) is 3.96. The zero-order valence-corrected chi connectivity index (χ0v) is 10.7. The summed E-state index contributed by atoms with van der Waals surface area (Å²) in [4.78, 5) is 1.12. The molecule has 0 saturated carbocycles. The topological polar surface area (TPSA) is 12.0 Å². The Morgan fingerprint density at radius 1 is 1.29 bits per heavy atom. The molecule has 90 valence electrons. The summed E-state index contributed by atoms with van der Waals surface area (Å²) in [5.74, 6) is -0.173. The Kier molecular flexibility index (Phi) is 4.29. The molecule has 2 aromatic rings. The molecule has 0 radical (unpaired) electrons. The van der Waals surface area contributed by atoms with E-state index in [1.54, 1.807) is 17.4 Å². The van der Waals surface area contributed by atoms with E-state index >= 15 is 0 Å². The van der Waals surface area contributed by atoms with Gasteiger partial charge in [-0.3, -0.25) is 0 Å². The van der Waals surface area contributed by atoms with Crippen LogP contribution in [-0.2, 0) is 6.54 Å². The SMILES string of the molecule is CCCNCc1ccc(F)cc1-c1cccs1. The maximum Gasteiger partial charge on any atom is 0.123 e. The number of thiophene rings is 1. The van der Waals surface area contributed by atoms with Crippen LogP contribution >= 0.6 is 11.3 Å². The van der Waals surface area contributed by atoms with Crippen molar-refractivity contribution in [3.8, 4) is 10.4 Å². The highest BCUT2D eigenvalue weighted by Gasteiger charge is 2.07. The lowest BCUT2D eigenvalue weighted by molar-refractivity contribution is 0.625. The highest BCUT2D eigenvalue weighted by atomic mass is 32.1. The highest BCUT2D eigenvalue weighted by Crippen LogP contribution is 2.28. The van der Waals surface area contributed by atoms with Gasteiger partial charge in [0.1, 0.15) is 5.82 Å². The summed E-state index contributed by atoms with van der Waals surface area (Å²) < 4.78 is 13.3. The van der Waals surface area contributed by atoms with E-state index in [0.717, 1.165) is 35.5 Å². The summed E-state index contributed by atoms with van der Waals surface area (Å²) in [6, 6.07) is 9.04. The summed E-state index contributed by atoms with van der Waals surface area (Å²) in [6.07, 6.45) is 1.11. The lowest BCUT2D eigenvalue weighted by Gasteiger charge is -2.09. The van der Waals surface area contributed by atoms with Crippen LogP contribution in [0.5, 0.6) is 0 Å². The monoisotopic (exact) mass is 249 g/mol. The van der Waals surface area contributed by atoms with E-state index < -0.39 is 0 Å². The van der Waals surface area contributed by atoms with Gasteiger partial charge in [0.15, 0.2) is 0 Å². The Balaban J connectivity index is 2.25. The number of benzene rings is 1. The first-order chi connectivity index (χ1) is 8.31. The van der Waals surface area contributed by atoms with Crippen LogP contribution in [0.15, 0.2) is 35.7 Å². The zero-order chi connectivity index (χ0) is 12.1. The molecule has 0 amide bonds. The van der Waals surface area contributed by atoms with Gasteiger partial charge >= 0.3 is 0 Å². The minimum Gasteiger partial charge on any atom is -0.313 e. The maximum absolute atomic E-state index is 13.3. The largest absolute Gasteiger partial charge is 0.313 e. The minimum absolute atomic E-state index is 0.173. The first-order valence-electron chi connectivity index (χ1n) is 5.84. The fourth-order valence-electron chi connectivity index (χ4n) is 1.76. The fourth-order valence-corrected chi connectivity index (χ4v) is 2.54. The van der Waals surface area contributed by atoms with Gasteiger partial charge in [-0.05, 0) is 47.7 Å². The molecule has 17 heavy (non-hydrogen) atoms. The Bertz CT molecular complexity index is 465. The lowest BCUT2D eigenvalue weighted by Crippen LogP contribution is -2.14. The van der Waals surface area contributed by atoms with Crippen LogP contribution in [0.1, 0.15) is 18.9 Å². The van der Waals surface area contributed by atoms with Crippen molar-refractivity contribution in [2.24, 2.45) is 0 Å². The second kappa shape index (κ2) is 5.94. The molecule has 0 fully saturated rings. The van der Waals surface area contributed by atoms with Crippen LogP contribution in [0, 0.1) is 5.82 Å². The number of hydrogen-bond acceptors (Lipinski definition) is 2. The summed E-state index contributed by atoms with van der Waals surface area (Å²) in [6.45, 7) is 3.92. The summed E-state index contributed by atoms with van der Waals surface area (Å²) >= 11 is 1.64. The molecule has 2 rings (SSSR count). The van der Waals surface area contributed by atoms with Crippen LogP contribution in [0.3, 0.4) is 0 Å². The average Bonchev–Trinajstić information content (AvgIpc) is 2.85. The molecular weight excluding hydrogens is 233 g/mol. The van der Waals surface area contributed by atoms with Gasteiger partial charge in [-0.25, -0.2) is 4.39 Å². The van der Waals surface area contributed by atoms with Crippen molar-refractivity contribution in [3.63, 3.8) is 0 Å². The number of hydrogen-bond donors (Lipinski definition) is 1. The van der Waals surface area contributed by atoms with Gasteiger partial charge in [-0.15, -0.1) is 11.3 Å². The van der Waals surface area contributed by atoms with Gasteiger partial charge in [-0.1, -0.05) is 19.1 Å². The number of nitrogens with one attached hydrogen (secondary N) is 1. The number of rotatable bonds is 5. The van der Waals surface area contributed by atoms with E-state index in [4.69, 9.17) is 0 Å². The molecule has 1 aromatic heterocycles. The van der Waals surface area contributed by atoms with Crippen molar-refractivity contribution in [1.29, 1.82) is 0 Å². The molecule has 1 heterocycles. The summed E-state index contributed by atoms with van der Waals surface area (Å²) in [5, 5.41) is 5.37. The third kappa shape index (κ3) is 3.14. The zero-order valence-electron chi connectivity index (χ0n) is 9.87. The lowest BCUT2D eigenvalue weighted by atomic mass is 10.1. The van der Waals surface area contributed by atoms with Crippen molar-refractivity contribution in [2.75, 3.05) is 6.54 Å². The Labute approximate surface area is 105 Å². The Morgan fingerprint density at radius 2 is 2.18 bits per heavy atom. The van der Waals surface area contributed by atoms with Crippen molar-refractivity contribution in [1.82, 2.24) is 5.32 Å². The van der Waals surface area contributed by atoms with E-state index in [-0.39, 0.29) is 5.82 Å². The predicted molar refractivity (Wildman–Crippen MR) is 71.7 cm³/mol. The normalized spacial score (nSPS) is 10.7. The van der Waals surface area contributed by atoms with Gasteiger partial charge in [0.25, 0.3) is 0 Å². The quantitative estimate of drug-likeness (QED) is 0.788. The molecule has 1 N–H and O–H groups in total. The predicted octanol–water partition coefficient (Wildman–Crippen LogP) is 4.05. The van der Waals surface area contributed by atoms with Crippen molar-refractivity contribution in [2.45, 2.75) is 19.9 Å². The third-order valence-electron chi connectivity index (χ3n) is 2.60. The molecule has 1 nitrogen and oxygen atoms in total. The average molecular weight is 249 g/mol. The first kappa shape index (κ1) is 12.3. The van der Waals surface area contributed by atoms with Crippen molar-refractivity contribution in [3.05, 3.63) is 47.1 Å². The van der Waals surface area contributed by atoms with Gasteiger partial charge in [-0.2, -0.15) is 0 Å². The summed E-state index contributed by atoms with van der Waals surface area (Å²) in [5.41, 5.74) is 2.16. The molecule has 0 unspecified atom stereocenters. The Hall–Kier alpha value is -1.19. The molecule has 0 bridgehead atoms. The van der Waals surface area contributed by atoms with Gasteiger partial charge < -0.3 is 5.32 Å². The molecule has 0 aliphatic heterocycles. The van der Waals surface area contributed by atoms with Crippen molar-refractivity contribution >= 4 is 11.3 Å². The van der Waals surface area contributed by atoms with Gasteiger partial charge in [0.05, 0.1) is 0 Å². The van der Waals surface area contributed by atoms with E-state index in [1.807, 2.05) is 23.6 Å². The molecule has 0 spiro atoms. The molecular formula is C14H16FNS. The minimum atomic E-state index is -0.173. The molecule has 3 heteroatoms.